The molecular formula is C11H12F3NO2. The largest absolute Gasteiger partial charge is 0.467 e. The van der Waals surface area contributed by atoms with Gasteiger partial charge in [0.1, 0.15) is 6.04 Å². The Balaban J connectivity index is 2.72. The number of methoxy groups -OCH3 is 1. The molecule has 0 spiro atoms. The molecule has 0 aromatic heterocycles. The summed E-state index contributed by atoms with van der Waals surface area (Å²) in [5, 5.41) is 2.73. The van der Waals surface area contributed by atoms with E-state index in [4.69, 9.17) is 0 Å². The second-order valence-corrected chi connectivity index (χ2v) is 3.46. The molecule has 0 aliphatic carbocycles. The number of carbonyl (C=O) groups excluding carboxylic acids is 1. The lowest BCUT2D eigenvalue weighted by atomic mass is 10.2. The van der Waals surface area contributed by atoms with E-state index in [-0.39, 0.29) is 0 Å². The quantitative estimate of drug-likeness (QED) is 0.834. The summed E-state index contributed by atoms with van der Waals surface area (Å²) in [7, 11) is 1.24. The Morgan fingerprint density at radius 2 is 1.82 bits per heavy atom. The third-order valence-corrected chi connectivity index (χ3v) is 2.15. The molecule has 0 radical (unpaired) electrons. The summed E-state index contributed by atoms with van der Waals surface area (Å²) >= 11 is 0. The third kappa shape index (κ3) is 3.65. The molecule has 0 aliphatic rings. The van der Waals surface area contributed by atoms with Crippen LogP contribution >= 0.6 is 0 Å². The van der Waals surface area contributed by atoms with Crippen molar-refractivity contribution in [3.63, 3.8) is 0 Å². The molecule has 1 rings (SSSR count). The standard InChI is InChI=1S/C11H12F3NO2/c1-7(10(16)17-2)15-9-5-3-8(4-6-9)11(12,13)14/h3-7,15H,1-2H3/t7-/m1/s1. The van der Waals surface area contributed by atoms with E-state index in [2.05, 4.69) is 10.1 Å². The SMILES string of the molecule is COC(=O)[C@@H](C)Nc1ccc(C(F)(F)F)cc1. The van der Waals surface area contributed by atoms with Gasteiger partial charge in [-0.3, -0.25) is 0 Å². The molecule has 0 aliphatic heterocycles. The average molecular weight is 247 g/mol. The van der Waals surface area contributed by atoms with Gasteiger partial charge in [-0.15, -0.1) is 0 Å². The van der Waals surface area contributed by atoms with Crippen LogP contribution in [0.4, 0.5) is 18.9 Å². The van der Waals surface area contributed by atoms with Crippen molar-refractivity contribution in [3.05, 3.63) is 29.8 Å². The van der Waals surface area contributed by atoms with Crippen LogP contribution in [0.1, 0.15) is 12.5 Å². The van der Waals surface area contributed by atoms with Crippen molar-refractivity contribution in [1.82, 2.24) is 0 Å². The van der Waals surface area contributed by atoms with Crippen molar-refractivity contribution < 1.29 is 22.7 Å². The molecule has 0 saturated heterocycles. The van der Waals surface area contributed by atoms with Crippen molar-refractivity contribution >= 4 is 11.7 Å². The summed E-state index contributed by atoms with van der Waals surface area (Å²) in [4.78, 5) is 11.1. The highest BCUT2D eigenvalue weighted by Gasteiger charge is 2.30. The number of ether oxygens (including phenoxy) is 1. The maximum atomic E-state index is 12.3. The van der Waals surface area contributed by atoms with Crippen molar-refractivity contribution in [2.45, 2.75) is 19.1 Å². The van der Waals surface area contributed by atoms with Gasteiger partial charge < -0.3 is 10.1 Å². The zero-order chi connectivity index (χ0) is 13.1. The number of rotatable bonds is 3. The number of hydrogen-bond acceptors (Lipinski definition) is 3. The highest BCUT2D eigenvalue weighted by Crippen LogP contribution is 2.29. The third-order valence-electron chi connectivity index (χ3n) is 2.15. The molecule has 3 nitrogen and oxygen atoms in total. The second kappa shape index (κ2) is 5.07. The van der Waals surface area contributed by atoms with Gasteiger partial charge in [0.05, 0.1) is 12.7 Å². The van der Waals surface area contributed by atoms with E-state index >= 15 is 0 Å². The molecule has 17 heavy (non-hydrogen) atoms. The lowest BCUT2D eigenvalue weighted by Gasteiger charge is -2.13. The first-order valence-electron chi connectivity index (χ1n) is 4.86. The first-order valence-corrected chi connectivity index (χ1v) is 4.86. The number of halogens is 3. The van der Waals surface area contributed by atoms with Crippen LogP contribution in [0.25, 0.3) is 0 Å². The van der Waals surface area contributed by atoms with Gasteiger partial charge in [0.2, 0.25) is 0 Å². The molecule has 0 bridgehead atoms. The fourth-order valence-electron chi connectivity index (χ4n) is 1.24. The number of alkyl halides is 3. The number of nitrogens with one attached hydrogen (secondary N) is 1. The fourth-order valence-corrected chi connectivity index (χ4v) is 1.24. The van der Waals surface area contributed by atoms with Crippen molar-refractivity contribution in [1.29, 1.82) is 0 Å². The Hall–Kier alpha value is -1.72. The van der Waals surface area contributed by atoms with E-state index in [1.54, 1.807) is 6.92 Å². The minimum atomic E-state index is -4.35. The molecule has 0 unspecified atom stereocenters. The normalized spacial score (nSPS) is 13.0. The maximum Gasteiger partial charge on any atom is 0.416 e. The van der Waals surface area contributed by atoms with Gasteiger partial charge in [-0.1, -0.05) is 0 Å². The minimum Gasteiger partial charge on any atom is -0.467 e. The Bertz CT molecular complexity index is 387. The van der Waals surface area contributed by atoms with Crippen LogP contribution in [0.2, 0.25) is 0 Å². The first kappa shape index (κ1) is 13.3. The Kier molecular flexibility index (Phi) is 3.98. The van der Waals surface area contributed by atoms with E-state index in [1.165, 1.54) is 19.2 Å². The summed E-state index contributed by atoms with van der Waals surface area (Å²) in [5.74, 6) is -0.482. The van der Waals surface area contributed by atoms with Crippen LogP contribution in [0.5, 0.6) is 0 Å². The topological polar surface area (TPSA) is 38.3 Å². The van der Waals surface area contributed by atoms with E-state index < -0.39 is 23.8 Å². The van der Waals surface area contributed by atoms with Crippen molar-refractivity contribution in [2.24, 2.45) is 0 Å². The first-order chi connectivity index (χ1) is 7.84. The molecule has 6 heteroatoms. The molecule has 0 amide bonds. The summed E-state index contributed by atoms with van der Waals surface area (Å²) < 4.78 is 41.3. The predicted molar refractivity (Wildman–Crippen MR) is 56.5 cm³/mol. The molecule has 1 aromatic rings. The lowest BCUT2D eigenvalue weighted by molar-refractivity contribution is -0.141. The van der Waals surface area contributed by atoms with Crippen LogP contribution in [-0.4, -0.2) is 19.1 Å². The fraction of sp³-hybridized carbons (Fsp3) is 0.364. The van der Waals surface area contributed by atoms with E-state index in [9.17, 15) is 18.0 Å². The number of esters is 1. The monoisotopic (exact) mass is 247 g/mol. The van der Waals surface area contributed by atoms with E-state index in [0.29, 0.717) is 5.69 Å². The van der Waals surface area contributed by atoms with Crippen molar-refractivity contribution in [3.8, 4) is 0 Å². The van der Waals surface area contributed by atoms with E-state index in [0.717, 1.165) is 12.1 Å². The van der Waals surface area contributed by atoms with Gasteiger partial charge in [-0.2, -0.15) is 13.2 Å². The summed E-state index contributed by atoms with van der Waals surface area (Å²) in [6.45, 7) is 1.56. The smallest absolute Gasteiger partial charge is 0.416 e. The average Bonchev–Trinajstić information content (AvgIpc) is 2.27. The van der Waals surface area contributed by atoms with E-state index in [1.807, 2.05) is 0 Å². The molecule has 1 N–H and O–H groups in total. The van der Waals surface area contributed by atoms with Gasteiger partial charge in [-0.05, 0) is 31.2 Å². The molecular weight excluding hydrogens is 235 g/mol. The molecule has 0 saturated carbocycles. The summed E-state index contributed by atoms with van der Waals surface area (Å²) in [6.07, 6.45) is -4.35. The van der Waals surface area contributed by atoms with Gasteiger partial charge in [-0.25, -0.2) is 4.79 Å². The predicted octanol–water partition coefficient (Wildman–Crippen LogP) is 2.68. The van der Waals surface area contributed by atoms with Gasteiger partial charge in [0.25, 0.3) is 0 Å². The molecule has 0 heterocycles. The highest BCUT2D eigenvalue weighted by atomic mass is 19.4. The molecule has 94 valence electrons. The Morgan fingerprint density at radius 1 is 1.29 bits per heavy atom. The van der Waals surface area contributed by atoms with Crippen LogP contribution in [0.15, 0.2) is 24.3 Å². The van der Waals surface area contributed by atoms with Crippen LogP contribution in [-0.2, 0) is 15.7 Å². The highest BCUT2D eigenvalue weighted by molar-refractivity contribution is 5.78. The minimum absolute atomic E-state index is 0.427. The second-order valence-electron chi connectivity index (χ2n) is 3.46. The lowest BCUT2D eigenvalue weighted by Crippen LogP contribution is -2.27. The van der Waals surface area contributed by atoms with Crippen molar-refractivity contribution in [2.75, 3.05) is 12.4 Å². The number of carbonyl (C=O) groups is 1. The maximum absolute atomic E-state index is 12.3. The molecule has 1 aromatic carbocycles. The Morgan fingerprint density at radius 3 is 2.24 bits per heavy atom. The van der Waals surface area contributed by atoms with Gasteiger partial charge in [0, 0.05) is 5.69 Å². The molecule has 0 fully saturated rings. The summed E-state index contributed by atoms with van der Waals surface area (Å²) in [6, 6.07) is 3.82. The number of hydrogen-bond donors (Lipinski definition) is 1. The number of anilines is 1. The van der Waals surface area contributed by atoms with Crippen LogP contribution in [0, 0.1) is 0 Å². The zero-order valence-corrected chi connectivity index (χ0v) is 9.34. The van der Waals surface area contributed by atoms with Gasteiger partial charge >= 0.3 is 12.1 Å². The Labute approximate surface area is 96.6 Å². The number of benzene rings is 1. The van der Waals surface area contributed by atoms with Crippen LogP contribution < -0.4 is 5.32 Å². The zero-order valence-electron chi connectivity index (χ0n) is 9.34. The summed E-state index contributed by atoms with van der Waals surface area (Å²) in [5.41, 5.74) is -0.301. The van der Waals surface area contributed by atoms with Gasteiger partial charge in [0.15, 0.2) is 0 Å². The van der Waals surface area contributed by atoms with Crippen LogP contribution in [0.3, 0.4) is 0 Å². The molecule has 1 atom stereocenters.